The van der Waals surface area contributed by atoms with Gasteiger partial charge in [-0.15, -0.1) is 0 Å². The maximum Gasteiger partial charge on any atom is 0.195 e. The van der Waals surface area contributed by atoms with E-state index in [1.54, 1.807) is 14.2 Å². The molecule has 0 aliphatic heterocycles. The quantitative estimate of drug-likeness (QED) is 0.272. The topological polar surface area (TPSA) is 52.6 Å². The Hall–Kier alpha value is -0.740. The highest BCUT2D eigenvalue weighted by Gasteiger charge is 1.97. The average molecular weight is 246 g/mol. The molecule has 0 fully saturated rings. The van der Waals surface area contributed by atoms with E-state index < -0.39 is 0 Å². The van der Waals surface area contributed by atoms with Gasteiger partial charge in [0.15, 0.2) is 18.4 Å². The van der Waals surface area contributed by atoms with E-state index in [0.29, 0.717) is 12.7 Å². The summed E-state index contributed by atoms with van der Waals surface area (Å²) in [4.78, 5) is 20.4. The standard InChI is InChI=1S/C9H16O2.C4H10O2/c1-2-3-4-5-6-7-9(11)8-10;1-4(5-2)6-3/h8H,2-7H2,1H3;4H,1-3H3. The molecule has 0 saturated heterocycles. The smallest absolute Gasteiger partial charge is 0.195 e. The molecule has 4 heteroatoms. The highest BCUT2D eigenvalue weighted by Crippen LogP contribution is 2.04. The lowest BCUT2D eigenvalue weighted by atomic mass is 10.1. The van der Waals surface area contributed by atoms with Gasteiger partial charge in [0.05, 0.1) is 0 Å². The van der Waals surface area contributed by atoms with Crippen LogP contribution < -0.4 is 0 Å². The van der Waals surface area contributed by atoms with E-state index >= 15 is 0 Å². The Morgan fingerprint density at radius 3 is 2.00 bits per heavy atom. The van der Waals surface area contributed by atoms with Crippen LogP contribution in [0.15, 0.2) is 0 Å². The van der Waals surface area contributed by atoms with Gasteiger partial charge >= 0.3 is 0 Å². The molecule has 0 saturated carbocycles. The van der Waals surface area contributed by atoms with Crippen LogP contribution in [-0.4, -0.2) is 32.6 Å². The molecule has 0 radical (unpaired) electrons. The molecular weight excluding hydrogens is 220 g/mol. The number of rotatable bonds is 9. The van der Waals surface area contributed by atoms with Crippen molar-refractivity contribution < 1.29 is 19.1 Å². The summed E-state index contributed by atoms with van der Waals surface area (Å²) in [5.41, 5.74) is 0. The number of carbonyl (C=O) groups is 2. The van der Waals surface area contributed by atoms with E-state index in [2.05, 4.69) is 16.4 Å². The minimum Gasteiger partial charge on any atom is -0.356 e. The maximum absolute atomic E-state index is 10.5. The summed E-state index contributed by atoms with van der Waals surface area (Å²) in [5, 5.41) is 0. The van der Waals surface area contributed by atoms with Gasteiger partial charge in [-0.2, -0.15) is 0 Å². The predicted octanol–water partition coefficient (Wildman–Crippen LogP) is 2.74. The van der Waals surface area contributed by atoms with Crippen molar-refractivity contribution in [1.29, 1.82) is 0 Å². The second kappa shape index (κ2) is 15.3. The average Bonchev–Trinajstić information content (AvgIpc) is 2.37. The SMILES string of the molecule is CCCCCCCC(=O)C=O.COC(C)OC. The minimum absolute atomic E-state index is 0.0648. The van der Waals surface area contributed by atoms with Gasteiger partial charge in [0.25, 0.3) is 0 Å². The zero-order valence-electron chi connectivity index (χ0n) is 11.5. The van der Waals surface area contributed by atoms with Gasteiger partial charge in [-0.25, -0.2) is 0 Å². The minimum atomic E-state index is -0.263. The Bertz CT molecular complexity index is 176. The molecule has 0 aromatic heterocycles. The third-order valence-electron chi connectivity index (χ3n) is 2.32. The molecule has 0 aromatic carbocycles. The molecule has 0 aliphatic rings. The number of unbranched alkanes of at least 4 members (excludes halogenated alkanes) is 4. The normalized spacial score (nSPS) is 9.71. The summed E-state index contributed by atoms with van der Waals surface area (Å²) >= 11 is 0. The summed E-state index contributed by atoms with van der Waals surface area (Å²) in [6.45, 7) is 3.98. The number of aldehydes is 1. The van der Waals surface area contributed by atoms with E-state index in [4.69, 9.17) is 0 Å². The van der Waals surface area contributed by atoms with Crippen LogP contribution in [0.25, 0.3) is 0 Å². The van der Waals surface area contributed by atoms with Crippen LogP contribution in [0.5, 0.6) is 0 Å². The number of methoxy groups -OCH3 is 2. The van der Waals surface area contributed by atoms with Crippen molar-refractivity contribution in [1.82, 2.24) is 0 Å². The Morgan fingerprint density at radius 1 is 1.12 bits per heavy atom. The fraction of sp³-hybridized carbons (Fsp3) is 0.846. The van der Waals surface area contributed by atoms with E-state index in [-0.39, 0.29) is 12.1 Å². The fourth-order valence-electron chi connectivity index (χ4n) is 1.06. The van der Waals surface area contributed by atoms with Gasteiger partial charge in [0.1, 0.15) is 0 Å². The number of carbonyl (C=O) groups excluding carboxylic acids is 2. The summed E-state index contributed by atoms with van der Waals surface area (Å²) < 4.78 is 9.35. The molecule has 0 unspecified atom stereocenters. The number of Topliss-reactive ketones (excluding diaryl/α,β-unsaturated/α-hetero) is 1. The van der Waals surface area contributed by atoms with Crippen LogP contribution in [0.2, 0.25) is 0 Å². The first-order valence-corrected chi connectivity index (χ1v) is 6.15. The number of hydrogen-bond acceptors (Lipinski definition) is 4. The Kier molecular flexibility index (Phi) is 16.7. The lowest BCUT2D eigenvalue weighted by Crippen LogP contribution is -2.05. The van der Waals surface area contributed by atoms with Crippen LogP contribution >= 0.6 is 0 Å². The molecular formula is C13H26O4. The molecule has 0 rings (SSSR count). The lowest BCUT2D eigenvalue weighted by Gasteiger charge is -2.03. The zero-order chi connectivity index (χ0) is 13.5. The van der Waals surface area contributed by atoms with E-state index in [9.17, 15) is 9.59 Å². The van der Waals surface area contributed by atoms with Crippen LogP contribution in [0, 0.1) is 0 Å². The summed E-state index contributed by atoms with van der Waals surface area (Å²) in [6.07, 6.45) is 6.36. The first-order valence-electron chi connectivity index (χ1n) is 6.15. The van der Waals surface area contributed by atoms with Crippen LogP contribution in [0.1, 0.15) is 52.4 Å². The molecule has 0 atom stereocenters. The van der Waals surface area contributed by atoms with Gasteiger partial charge in [-0.1, -0.05) is 32.6 Å². The third kappa shape index (κ3) is 17.9. The summed E-state index contributed by atoms with van der Waals surface area (Å²) in [5.74, 6) is -0.263. The Labute approximate surface area is 105 Å². The molecule has 0 aliphatic carbocycles. The fourth-order valence-corrected chi connectivity index (χ4v) is 1.06. The van der Waals surface area contributed by atoms with Crippen molar-refractivity contribution in [2.75, 3.05) is 14.2 Å². The lowest BCUT2D eigenvalue weighted by molar-refractivity contribution is -0.129. The van der Waals surface area contributed by atoms with Crippen molar-refractivity contribution in [3.63, 3.8) is 0 Å². The van der Waals surface area contributed by atoms with Crippen LogP contribution in [0.4, 0.5) is 0 Å². The van der Waals surface area contributed by atoms with Gasteiger partial charge < -0.3 is 9.47 Å². The molecule has 17 heavy (non-hydrogen) atoms. The molecule has 0 N–H and O–H groups in total. The Balaban J connectivity index is 0. The van der Waals surface area contributed by atoms with Crippen LogP contribution in [-0.2, 0) is 19.1 Å². The van der Waals surface area contributed by atoms with Crippen LogP contribution in [0.3, 0.4) is 0 Å². The largest absolute Gasteiger partial charge is 0.356 e. The molecule has 0 aromatic rings. The highest BCUT2D eigenvalue weighted by molar-refractivity contribution is 6.24. The Morgan fingerprint density at radius 2 is 1.65 bits per heavy atom. The first-order chi connectivity index (χ1) is 8.12. The van der Waals surface area contributed by atoms with Gasteiger partial charge in [0, 0.05) is 20.6 Å². The first kappa shape index (κ1) is 18.6. The van der Waals surface area contributed by atoms with E-state index in [1.165, 1.54) is 19.3 Å². The summed E-state index contributed by atoms with van der Waals surface area (Å²) in [6, 6.07) is 0. The van der Waals surface area contributed by atoms with E-state index in [0.717, 1.165) is 12.8 Å². The van der Waals surface area contributed by atoms with Gasteiger partial charge in [-0.05, 0) is 13.3 Å². The molecule has 0 spiro atoms. The molecule has 0 heterocycles. The molecule has 102 valence electrons. The van der Waals surface area contributed by atoms with Gasteiger partial charge in [-0.3, -0.25) is 9.59 Å². The monoisotopic (exact) mass is 246 g/mol. The van der Waals surface area contributed by atoms with E-state index in [1.807, 2.05) is 6.92 Å². The zero-order valence-corrected chi connectivity index (χ0v) is 11.5. The molecule has 4 nitrogen and oxygen atoms in total. The van der Waals surface area contributed by atoms with Crippen molar-refractivity contribution in [2.24, 2.45) is 0 Å². The summed E-state index contributed by atoms with van der Waals surface area (Å²) in [7, 11) is 3.21. The number of hydrogen-bond donors (Lipinski definition) is 0. The highest BCUT2D eigenvalue weighted by atomic mass is 16.7. The van der Waals surface area contributed by atoms with Crippen molar-refractivity contribution in [3.05, 3.63) is 0 Å². The van der Waals surface area contributed by atoms with Crippen molar-refractivity contribution in [3.8, 4) is 0 Å². The second-order valence-corrected chi connectivity index (χ2v) is 3.79. The third-order valence-corrected chi connectivity index (χ3v) is 2.32. The predicted molar refractivity (Wildman–Crippen MR) is 67.9 cm³/mol. The number of ether oxygens (including phenoxy) is 2. The van der Waals surface area contributed by atoms with Crippen molar-refractivity contribution in [2.45, 2.75) is 58.7 Å². The number of ketones is 1. The molecule has 0 bridgehead atoms. The van der Waals surface area contributed by atoms with Gasteiger partial charge in [0.2, 0.25) is 0 Å². The molecule has 0 amide bonds. The second-order valence-electron chi connectivity index (χ2n) is 3.79. The van der Waals surface area contributed by atoms with Crippen molar-refractivity contribution >= 4 is 12.1 Å². The maximum atomic E-state index is 10.5.